The van der Waals surface area contributed by atoms with E-state index in [9.17, 15) is 58.2 Å². The average Bonchev–Trinajstić information content (AvgIpc) is 0.864. The molecule has 0 bridgehead atoms. The van der Waals surface area contributed by atoms with Crippen LogP contribution in [0.4, 0.5) is 0 Å². The van der Waals surface area contributed by atoms with Gasteiger partial charge in [0.15, 0.2) is 0 Å². The van der Waals surface area contributed by atoms with E-state index in [4.69, 9.17) is 9.47 Å². The van der Waals surface area contributed by atoms with Crippen molar-refractivity contribution in [1.82, 2.24) is 56.0 Å². The number of rotatable bonds is 41. The summed E-state index contributed by atoms with van der Waals surface area (Å²) < 4.78 is 10.9. The van der Waals surface area contributed by atoms with Gasteiger partial charge in [-0.15, -0.1) is 0 Å². The normalized spacial score (nSPS) is 16.3. The van der Waals surface area contributed by atoms with Gasteiger partial charge in [0.25, 0.3) is 0 Å². The number of hydrogen-bond donors (Lipinski definition) is 7. The van der Waals surface area contributed by atoms with Gasteiger partial charge in [-0.2, -0.15) is 0 Å². The van der Waals surface area contributed by atoms with Crippen molar-refractivity contribution in [2.24, 2.45) is 35.5 Å². The van der Waals surface area contributed by atoms with E-state index < -0.39 is 161 Å². The molecule has 7 N–H and O–H groups in total. The summed E-state index contributed by atoms with van der Waals surface area (Å²) in [7, 11) is 11.4. The van der Waals surface area contributed by atoms with Crippen molar-refractivity contribution in [1.29, 1.82) is 0 Å². The number of amides is 10. The molecular formula is C66H121N11O15. The maximum absolute atomic E-state index is 15.0. The first-order valence-corrected chi connectivity index (χ1v) is 32.8. The Kier molecular flexibility index (Phi) is 38.6. The lowest BCUT2D eigenvalue weighted by molar-refractivity contribution is -0.157. The van der Waals surface area contributed by atoms with Crippen LogP contribution in [-0.4, -0.2) is 253 Å². The van der Waals surface area contributed by atoms with Crippen molar-refractivity contribution in [2.75, 3.05) is 69.7 Å². The van der Waals surface area contributed by atoms with Crippen molar-refractivity contribution in [3.05, 3.63) is 12.2 Å². The number of hydrogen-bond acceptors (Lipinski definition) is 16. The van der Waals surface area contributed by atoms with Crippen molar-refractivity contribution >= 4 is 65.0 Å². The van der Waals surface area contributed by atoms with Gasteiger partial charge in [0.05, 0.1) is 25.4 Å². The van der Waals surface area contributed by atoms with Crippen molar-refractivity contribution in [2.45, 2.75) is 241 Å². The number of nitrogens with zero attached hydrogens (tertiary/aromatic N) is 6. The number of unbranched alkanes of at least 4 members (excludes halogenated alkanes) is 1. The molecule has 0 heterocycles. The fraction of sp³-hybridized carbons (Fsp3) is 0.803. The third-order valence-corrected chi connectivity index (χ3v) is 16.9. The van der Waals surface area contributed by atoms with Crippen molar-refractivity contribution < 1.29 is 72.4 Å². The van der Waals surface area contributed by atoms with E-state index in [1.807, 2.05) is 54.5 Å². The molecule has 0 spiro atoms. The Morgan fingerprint density at radius 1 is 0.489 bits per heavy atom. The van der Waals surface area contributed by atoms with Crippen LogP contribution in [-0.2, 0) is 62.2 Å². The second-order valence-corrected chi connectivity index (χ2v) is 26.7. The lowest BCUT2D eigenvalue weighted by Crippen LogP contribution is -2.63. The van der Waals surface area contributed by atoms with Gasteiger partial charge in [-0.3, -0.25) is 47.9 Å². The highest BCUT2D eigenvalue weighted by atomic mass is 16.5. The summed E-state index contributed by atoms with van der Waals surface area (Å²) >= 11 is 0. The predicted molar refractivity (Wildman–Crippen MR) is 354 cm³/mol. The quantitative estimate of drug-likeness (QED) is 0.0263. The highest BCUT2D eigenvalue weighted by Crippen LogP contribution is 2.25. The lowest BCUT2D eigenvalue weighted by atomic mass is 9.91. The van der Waals surface area contributed by atoms with Crippen molar-refractivity contribution in [3.8, 4) is 0 Å². The zero-order valence-corrected chi connectivity index (χ0v) is 60.4. The van der Waals surface area contributed by atoms with E-state index in [0.717, 1.165) is 4.90 Å². The molecule has 26 heteroatoms. The summed E-state index contributed by atoms with van der Waals surface area (Å²) in [4.78, 5) is 164. The second-order valence-electron chi connectivity index (χ2n) is 26.7. The summed E-state index contributed by atoms with van der Waals surface area (Å²) in [6.07, 6.45) is 3.29. The molecule has 0 aliphatic rings. The first-order valence-electron chi connectivity index (χ1n) is 32.8. The molecular weight excluding hydrogens is 1190 g/mol. The molecule has 0 aliphatic carbocycles. The first kappa shape index (κ1) is 85.8. The molecule has 0 aromatic rings. The van der Waals surface area contributed by atoms with Crippen LogP contribution in [0.1, 0.15) is 163 Å². The third kappa shape index (κ3) is 25.6. The van der Waals surface area contributed by atoms with E-state index in [-0.39, 0.29) is 56.7 Å². The minimum Gasteiger partial charge on any atom is -0.467 e. The van der Waals surface area contributed by atoms with Crippen LogP contribution in [0.15, 0.2) is 12.2 Å². The molecule has 0 aliphatic heterocycles. The highest BCUT2D eigenvalue weighted by Gasteiger charge is 2.46. The molecule has 0 aromatic carbocycles. The SMILES string of the molecule is C/C=C/C[C@@H](C)[C@@H](O)[C@@H](C(=O)N[C@@H](CC)C(=O)OC)N(C)C(=O)[C@H](C(C)C)N(C)C(=O)[C@H](CC(C)C)N(C)C(=O)[C@H](CC(C)C)N(C)C(=O)[C@@H](C)NC(=O)[C@H](C)NC(=O)[C@H](CC(C)C)N(C)C(=O)[C@@H](NC(=O)[C@H]([C@H](C)OCCCCO)N(C)C(=O)[C@@H](C)NC)C(C)C. The van der Waals surface area contributed by atoms with Gasteiger partial charge in [0, 0.05) is 55.5 Å². The number of aliphatic hydroxyl groups excluding tert-OH is 2. The van der Waals surface area contributed by atoms with E-state index in [1.165, 1.54) is 87.7 Å². The minimum atomic E-state index is -1.51. The summed E-state index contributed by atoms with van der Waals surface area (Å²) in [6, 6.07) is -12.8. The zero-order valence-electron chi connectivity index (χ0n) is 60.4. The number of esters is 1. The predicted octanol–water partition coefficient (Wildman–Crippen LogP) is 2.71. The molecule has 0 radical (unpaired) electrons. The number of aliphatic hydroxyl groups is 2. The van der Waals surface area contributed by atoms with Crippen LogP contribution >= 0.6 is 0 Å². The summed E-state index contributed by atoms with van der Waals surface area (Å²) in [5.74, 6) is -9.26. The Morgan fingerprint density at radius 3 is 1.39 bits per heavy atom. The van der Waals surface area contributed by atoms with Crippen LogP contribution in [0.3, 0.4) is 0 Å². The number of carbonyl (C=O) groups is 11. The monoisotopic (exact) mass is 1310 g/mol. The Morgan fingerprint density at radius 2 is 0.935 bits per heavy atom. The van der Waals surface area contributed by atoms with Crippen LogP contribution < -0.4 is 26.6 Å². The average molecular weight is 1310 g/mol. The maximum Gasteiger partial charge on any atom is 0.328 e. The van der Waals surface area contributed by atoms with E-state index in [0.29, 0.717) is 19.3 Å². The lowest BCUT2D eigenvalue weighted by Gasteiger charge is -2.41. The largest absolute Gasteiger partial charge is 0.467 e. The van der Waals surface area contributed by atoms with Crippen molar-refractivity contribution in [3.63, 3.8) is 0 Å². The summed E-state index contributed by atoms with van der Waals surface area (Å²) in [5, 5.41) is 34.8. The Bertz CT molecular complexity index is 2420. The summed E-state index contributed by atoms with van der Waals surface area (Å²) in [5.41, 5.74) is 0. The number of carbonyl (C=O) groups excluding carboxylic acids is 11. The van der Waals surface area contributed by atoms with Gasteiger partial charge in [0.1, 0.15) is 60.4 Å². The zero-order chi connectivity index (χ0) is 71.5. The van der Waals surface area contributed by atoms with Gasteiger partial charge >= 0.3 is 5.97 Å². The van der Waals surface area contributed by atoms with E-state index >= 15 is 4.79 Å². The second kappa shape index (κ2) is 41.5. The molecule has 10 amide bonds. The number of ether oxygens (including phenoxy) is 2. The van der Waals surface area contributed by atoms with Crippen LogP contribution in [0.5, 0.6) is 0 Å². The molecule has 0 saturated carbocycles. The fourth-order valence-electron chi connectivity index (χ4n) is 10.9. The van der Waals surface area contributed by atoms with Gasteiger partial charge < -0.3 is 75.7 Å². The van der Waals surface area contributed by atoms with Gasteiger partial charge in [-0.25, -0.2) is 4.79 Å². The molecule has 92 heavy (non-hydrogen) atoms. The molecule has 26 nitrogen and oxygen atoms in total. The van der Waals surface area contributed by atoms with Gasteiger partial charge in [-0.05, 0) is 122 Å². The van der Waals surface area contributed by atoms with E-state index in [1.54, 1.807) is 68.5 Å². The highest BCUT2D eigenvalue weighted by molar-refractivity contribution is 5.99. The van der Waals surface area contributed by atoms with E-state index in [2.05, 4.69) is 26.6 Å². The minimum absolute atomic E-state index is 0.0430. The maximum atomic E-state index is 15.0. The molecule has 0 rings (SSSR count). The topological polar surface area (TPSA) is 326 Å². The van der Waals surface area contributed by atoms with Crippen LogP contribution in [0.2, 0.25) is 0 Å². The van der Waals surface area contributed by atoms with Gasteiger partial charge in [-0.1, -0.05) is 95.2 Å². The molecule has 0 saturated heterocycles. The number of likely N-dealkylation sites (N-methyl/N-ethyl adjacent to an activating group) is 7. The molecule has 0 unspecified atom stereocenters. The Labute approximate surface area is 550 Å². The van der Waals surface area contributed by atoms with Gasteiger partial charge in [0.2, 0.25) is 59.1 Å². The Balaban J connectivity index is 6.96. The molecule has 0 aromatic heterocycles. The molecule has 14 atom stereocenters. The Hall–Kier alpha value is -6.25. The molecule has 0 fully saturated rings. The van der Waals surface area contributed by atoms with Crippen LogP contribution in [0.25, 0.3) is 0 Å². The number of allylic oxidation sites excluding steroid dienone is 2. The first-order chi connectivity index (χ1) is 42.7. The third-order valence-electron chi connectivity index (χ3n) is 16.9. The summed E-state index contributed by atoms with van der Waals surface area (Å²) in [6.45, 7) is 29.6. The molecule has 530 valence electrons. The smallest absolute Gasteiger partial charge is 0.328 e. The standard InChI is InChI=1S/C66H121N11O15/c1-26-28-31-42(13)55(79)54(59(83)70-47(27-2)66(90)91-25)77(24)65(89)52(41(11)12)75(22)63(87)50(36-39(7)8)74(21)62(86)49(35-38(5)6)73(20)61(85)45(16)69-56(80)43(14)68-57(81)48(34-37(3)4)72(19)64(88)51(40(9)10)71-58(82)53(46(17)92-33-30-29-32-78)76(23)60(84)44(15)67-18/h26,28,37-55,67,78-79H,27,29-36H2,1-25H3,(H,68,81)(H,69,80)(H,70,83)(H,71,82)/b28-26+/t42-,43+,44-,45-,46+,47+,48+,49+,50+,51+,52+,53+,54+,55-/m1/s1. The van der Waals surface area contributed by atoms with Crippen LogP contribution in [0, 0.1) is 35.5 Å². The number of nitrogens with one attached hydrogen (secondary N) is 5. The fourth-order valence-corrected chi connectivity index (χ4v) is 10.9. The number of methoxy groups -OCH3 is 1.